The number of hydrogen-bond donors (Lipinski definition) is 2. The number of alkyl halides is 1. The van der Waals surface area contributed by atoms with Crippen LogP contribution in [0.15, 0.2) is 17.2 Å². The Balaban J connectivity index is 3.37. The number of nitrogens with zero attached hydrogens (tertiary/aromatic N) is 1. The first kappa shape index (κ1) is 11.4. The smallest absolute Gasteiger partial charge is 0.241 e. The Morgan fingerprint density at radius 1 is 1.57 bits per heavy atom. The molecule has 78 valence electrons. The molecule has 0 aliphatic heterocycles. The van der Waals surface area contributed by atoms with Gasteiger partial charge in [-0.05, 0) is 18.6 Å². The average Bonchev–Trinajstić information content (AvgIpc) is 2.02. The quantitative estimate of drug-likeness (QED) is 0.781. The lowest BCUT2D eigenvalue weighted by Gasteiger charge is -2.07. The van der Waals surface area contributed by atoms with Gasteiger partial charge in [0.15, 0.2) is 0 Å². The Bertz CT molecular complexity index is 444. The van der Waals surface area contributed by atoms with Crippen molar-refractivity contribution < 1.29 is 8.42 Å². The number of nitrogens with two attached hydrogens (primary N) is 2. The minimum atomic E-state index is -3.80. The fourth-order valence-corrected chi connectivity index (χ4v) is 1.81. The van der Waals surface area contributed by atoms with Crippen LogP contribution in [0.4, 0.5) is 5.82 Å². The van der Waals surface area contributed by atoms with Crippen molar-refractivity contribution in [3.63, 3.8) is 0 Å². The molecule has 1 atom stereocenters. The van der Waals surface area contributed by atoms with Crippen LogP contribution in [0.1, 0.15) is 17.3 Å². The fourth-order valence-electron chi connectivity index (χ4n) is 0.916. The van der Waals surface area contributed by atoms with Gasteiger partial charge in [0.05, 0.1) is 0 Å². The molecule has 1 aromatic heterocycles. The second-order valence-corrected chi connectivity index (χ2v) is 5.72. The normalized spacial score (nSPS) is 13.9. The van der Waals surface area contributed by atoms with E-state index in [9.17, 15) is 8.42 Å². The van der Waals surface area contributed by atoms with Gasteiger partial charge in [0.2, 0.25) is 10.0 Å². The number of anilines is 1. The Hall–Kier alpha value is -0.660. The van der Waals surface area contributed by atoms with Gasteiger partial charge in [-0.25, -0.2) is 18.5 Å². The van der Waals surface area contributed by atoms with E-state index in [-0.39, 0.29) is 15.5 Å². The van der Waals surface area contributed by atoms with E-state index < -0.39 is 10.0 Å². The number of hydrogen-bond acceptors (Lipinski definition) is 4. The zero-order valence-corrected chi connectivity index (χ0v) is 9.84. The van der Waals surface area contributed by atoms with Crippen LogP contribution in [0.25, 0.3) is 0 Å². The summed E-state index contributed by atoms with van der Waals surface area (Å²) in [7, 11) is -3.80. The predicted molar refractivity (Wildman–Crippen MR) is 57.4 cm³/mol. The molecule has 0 fully saturated rings. The molecule has 1 unspecified atom stereocenters. The van der Waals surface area contributed by atoms with Crippen LogP contribution in [0.2, 0.25) is 0 Å². The average molecular weight is 280 g/mol. The highest BCUT2D eigenvalue weighted by molar-refractivity contribution is 9.09. The summed E-state index contributed by atoms with van der Waals surface area (Å²) in [6.07, 6.45) is 1.50. The van der Waals surface area contributed by atoms with Crippen molar-refractivity contribution in [2.24, 2.45) is 5.14 Å². The summed E-state index contributed by atoms with van der Waals surface area (Å²) in [6, 6.07) is 1.41. The van der Waals surface area contributed by atoms with Gasteiger partial charge in [0.1, 0.15) is 10.7 Å². The molecule has 4 N–H and O–H groups in total. The highest BCUT2D eigenvalue weighted by Crippen LogP contribution is 2.24. The molecule has 0 aliphatic carbocycles. The van der Waals surface area contributed by atoms with E-state index in [4.69, 9.17) is 10.9 Å². The molecule has 0 aromatic carbocycles. The third-order valence-corrected chi connectivity index (χ3v) is 3.14. The van der Waals surface area contributed by atoms with E-state index in [1.54, 1.807) is 0 Å². The molecular formula is C7H10BrN3O2S. The van der Waals surface area contributed by atoms with Crippen LogP contribution in [-0.2, 0) is 10.0 Å². The van der Waals surface area contributed by atoms with E-state index in [0.717, 1.165) is 0 Å². The van der Waals surface area contributed by atoms with Crippen molar-refractivity contribution >= 4 is 31.8 Å². The predicted octanol–water partition coefficient (Wildman–Crippen LogP) is 0.767. The van der Waals surface area contributed by atoms with E-state index >= 15 is 0 Å². The number of primary sulfonamides is 1. The zero-order chi connectivity index (χ0) is 10.9. The van der Waals surface area contributed by atoms with Crippen LogP contribution in [0, 0.1) is 0 Å². The summed E-state index contributed by atoms with van der Waals surface area (Å²) in [5.74, 6) is -0.0793. The monoisotopic (exact) mass is 279 g/mol. The van der Waals surface area contributed by atoms with E-state index in [0.29, 0.717) is 5.56 Å². The highest BCUT2D eigenvalue weighted by atomic mass is 79.9. The van der Waals surface area contributed by atoms with Crippen molar-refractivity contribution in [1.29, 1.82) is 0 Å². The largest absolute Gasteiger partial charge is 0.383 e. The summed E-state index contributed by atoms with van der Waals surface area (Å²) < 4.78 is 22.1. The zero-order valence-electron chi connectivity index (χ0n) is 7.44. The van der Waals surface area contributed by atoms with E-state index in [1.165, 1.54) is 12.3 Å². The first-order valence-electron chi connectivity index (χ1n) is 3.74. The summed E-state index contributed by atoms with van der Waals surface area (Å²) in [5, 5.41) is 4.96. The van der Waals surface area contributed by atoms with Crippen LogP contribution >= 0.6 is 15.9 Å². The SMILES string of the molecule is CC(Br)c1cnc(N)c(S(N)(=O)=O)c1. The lowest BCUT2D eigenvalue weighted by molar-refractivity contribution is 0.597. The molecule has 5 nitrogen and oxygen atoms in total. The molecule has 0 bridgehead atoms. The first-order valence-corrected chi connectivity index (χ1v) is 6.21. The minimum absolute atomic E-state index is 0.00361. The molecule has 1 heterocycles. The molecule has 0 saturated carbocycles. The number of rotatable bonds is 2. The minimum Gasteiger partial charge on any atom is -0.383 e. The lowest BCUT2D eigenvalue weighted by atomic mass is 10.2. The van der Waals surface area contributed by atoms with Crippen molar-refractivity contribution in [3.05, 3.63) is 17.8 Å². The van der Waals surface area contributed by atoms with Crippen molar-refractivity contribution in [2.75, 3.05) is 5.73 Å². The number of nitrogen functional groups attached to an aromatic ring is 1. The molecule has 14 heavy (non-hydrogen) atoms. The van der Waals surface area contributed by atoms with Crippen molar-refractivity contribution in [1.82, 2.24) is 4.98 Å². The molecule has 1 aromatic rings. The second kappa shape index (κ2) is 3.84. The number of sulfonamides is 1. The standard InChI is InChI=1S/C7H10BrN3O2S/c1-4(8)5-2-6(14(10,12)13)7(9)11-3-5/h2-4H,1H3,(H2,9,11)(H2,10,12,13). The maximum absolute atomic E-state index is 11.1. The maximum atomic E-state index is 11.1. The van der Waals surface area contributed by atoms with Crippen LogP contribution < -0.4 is 10.9 Å². The third-order valence-electron chi connectivity index (χ3n) is 1.67. The third kappa shape index (κ3) is 2.43. The van der Waals surface area contributed by atoms with Gasteiger partial charge in [-0.1, -0.05) is 15.9 Å². The molecule has 0 amide bonds. The summed E-state index contributed by atoms with van der Waals surface area (Å²) in [4.78, 5) is 3.61. The molecule has 0 spiro atoms. The van der Waals surface area contributed by atoms with Gasteiger partial charge in [-0.3, -0.25) is 0 Å². The number of halogens is 1. The Morgan fingerprint density at radius 2 is 2.14 bits per heavy atom. The Kier molecular flexibility index (Phi) is 3.13. The van der Waals surface area contributed by atoms with Gasteiger partial charge in [-0.2, -0.15) is 0 Å². The van der Waals surface area contributed by atoms with Crippen LogP contribution in [0.3, 0.4) is 0 Å². The van der Waals surface area contributed by atoms with Crippen molar-refractivity contribution in [3.8, 4) is 0 Å². The van der Waals surface area contributed by atoms with Gasteiger partial charge in [0, 0.05) is 11.0 Å². The van der Waals surface area contributed by atoms with Gasteiger partial charge < -0.3 is 5.73 Å². The molecule has 0 aliphatic rings. The molecular weight excluding hydrogens is 270 g/mol. The number of pyridine rings is 1. The fraction of sp³-hybridized carbons (Fsp3) is 0.286. The second-order valence-electron chi connectivity index (χ2n) is 2.81. The topological polar surface area (TPSA) is 99.1 Å². The molecule has 1 rings (SSSR count). The molecule has 0 saturated heterocycles. The van der Waals surface area contributed by atoms with Crippen LogP contribution in [-0.4, -0.2) is 13.4 Å². The van der Waals surface area contributed by atoms with Gasteiger partial charge in [0.25, 0.3) is 0 Å². The maximum Gasteiger partial charge on any atom is 0.241 e. The summed E-state index contributed by atoms with van der Waals surface area (Å²) >= 11 is 3.29. The Labute approximate surface area is 90.7 Å². The summed E-state index contributed by atoms with van der Waals surface area (Å²) in [6.45, 7) is 1.85. The summed E-state index contributed by atoms with van der Waals surface area (Å²) in [5.41, 5.74) is 6.10. The van der Waals surface area contributed by atoms with Gasteiger partial charge >= 0.3 is 0 Å². The molecule has 0 radical (unpaired) electrons. The van der Waals surface area contributed by atoms with Crippen LogP contribution in [0.5, 0.6) is 0 Å². The first-order chi connectivity index (χ1) is 6.32. The van der Waals surface area contributed by atoms with Crippen molar-refractivity contribution in [2.45, 2.75) is 16.6 Å². The number of aromatic nitrogens is 1. The lowest BCUT2D eigenvalue weighted by Crippen LogP contribution is -2.15. The van der Waals surface area contributed by atoms with E-state index in [2.05, 4.69) is 20.9 Å². The Morgan fingerprint density at radius 3 is 2.57 bits per heavy atom. The molecule has 7 heteroatoms. The van der Waals surface area contributed by atoms with E-state index in [1.807, 2.05) is 6.92 Å². The highest BCUT2D eigenvalue weighted by Gasteiger charge is 2.15. The van der Waals surface area contributed by atoms with Gasteiger partial charge in [-0.15, -0.1) is 0 Å².